The van der Waals surface area contributed by atoms with Crippen molar-refractivity contribution in [1.29, 1.82) is 0 Å². The van der Waals surface area contributed by atoms with Gasteiger partial charge in [0.15, 0.2) is 0 Å². The van der Waals surface area contributed by atoms with Crippen molar-refractivity contribution in [3.05, 3.63) is 35.1 Å². The lowest BCUT2D eigenvalue weighted by atomic mass is 9.78. The van der Waals surface area contributed by atoms with Crippen LogP contribution in [0.1, 0.15) is 30.4 Å². The summed E-state index contributed by atoms with van der Waals surface area (Å²) in [5.41, 5.74) is 8.55. The van der Waals surface area contributed by atoms with Crippen LogP contribution in [-0.4, -0.2) is 24.0 Å². The maximum Gasteiger partial charge on any atom is 0.123 e. The van der Waals surface area contributed by atoms with Crippen molar-refractivity contribution in [3.8, 4) is 0 Å². The van der Waals surface area contributed by atoms with Gasteiger partial charge in [-0.25, -0.2) is 4.39 Å². The summed E-state index contributed by atoms with van der Waals surface area (Å²) in [5.74, 6) is 1.32. The summed E-state index contributed by atoms with van der Waals surface area (Å²) in [6.07, 6.45) is 3.80. The Morgan fingerprint density at radius 3 is 2.80 bits per heavy atom. The molecular weight excluding hydrogens is 275 g/mol. The van der Waals surface area contributed by atoms with Crippen LogP contribution in [-0.2, 0) is 6.54 Å². The number of hydrogen-bond acceptors (Lipinski definition) is 2. The van der Waals surface area contributed by atoms with Crippen molar-refractivity contribution in [1.82, 2.24) is 4.90 Å². The fourth-order valence-corrected chi connectivity index (χ4v) is 3.82. The Bertz CT molecular complexity index is 466. The van der Waals surface area contributed by atoms with E-state index in [-0.39, 0.29) is 18.2 Å². The number of hydrogen-bond donors (Lipinski definition) is 1. The largest absolute Gasteiger partial charge is 0.327 e. The predicted octanol–water partition coefficient (Wildman–Crippen LogP) is 3.12. The lowest BCUT2D eigenvalue weighted by Crippen LogP contribution is -2.38. The highest BCUT2D eigenvalue weighted by Crippen LogP contribution is 2.36. The van der Waals surface area contributed by atoms with Crippen molar-refractivity contribution in [3.63, 3.8) is 0 Å². The molecule has 112 valence electrons. The molecule has 0 bridgehead atoms. The molecule has 1 heterocycles. The highest BCUT2D eigenvalue weighted by Gasteiger charge is 2.38. The van der Waals surface area contributed by atoms with Crippen molar-refractivity contribution < 1.29 is 4.39 Å². The second-order valence-electron chi connectivity index (χ2n) is 6.28. The topological polar surface area (TPSA) is 29.3 Å². The Labute approximate surface area is 126 Å². The van der Waals surface area contributed by atoms with E-state index in [0.717, 1.165) is 31.1 Å². The first-order valence-electron chi connectivity index (χ1n) is 7.36. The van der Waals surface area contributed by atoms with Crippen LogP contribution in [0.2, 0.25) is 0 Å². The zero-order valence-electron chi connectivity index (χ0n) is 12.0. The normalized spacial score (nSPS) is 29.9. The van der Waals surface area contributed by atoms with Gasteiger partial charge in [0, 0.05) is 25.7 Å². The summed E-state index contributed by atoms with van der Waals surface area (Å²) in [6.45, 7) is 5.21. The summed E-state index contributed by atoms with van der Waals surface area (Å²) in [4.78, 5) is 2.50. The molecule has 1 saturated carbocycles. The molecule has 2 fully saturated rings. The van der Waals surface area contributed by atoms with Gasteiger partial charge >= 0.3 is 0 Å². The molecule has 0 radical (unpaired) electrons. The number of halogens is 2. The van der Waals surface area contributed by atoms with Gasteiger partial charge in [0.1, 0.15) is 5.82 Å². The fourth-order valence-electron chi connectivity index (χ4n) is 3.82. The van der Waals surface area contributed by atoms with Gasteiger partial charge in [-0.15, -0.1) is 12.4 Å². The molecule has 1 aromatic rings. The number of nitrogens with two attached hydrogens (primary N) is 1. The maximum absolute atomic E-state index is 13.1. The van der Waals surface area contributed by atoms with E-state index in [4.69, 9.17) is 5.73 Å². The number of benzene rings is 1. The molecule has 20 heavy (non-hydrogen) atoms. The van der Waals surface area contributed by atoms with Crippen LogP contribution >= 0.6 is 12.4 Å². The van der Waals surface area contributed by atoms with E-state index in [1.807, 2.05) is 13.0 Å². The van der Waals surface area contributed by atoms with Gasteiger partial charge in [0.25, 0.3) is 0 Å². The molecule has 1 aliphatic heterocycles. The number of aryl methyl sites for hydroxylation is 1. The predicted molar refractivity (Wildman–Crippen MR) is 82.5 cm³/mol. The van der Waals surface area contributed by atoms with Crippen molar-refractivity contribution in [2.45, 2.75) is 38.8 Å². The van der Waals surface area contributed by atoms with Gasteiger partial charge in [0.2, 0.25) is 0 Å². The third-order valence-corrected chi connectivity index (χ3v) is 4.93. The number of fused-ring (bicyclic) bond motifs is 1. The average molecular weight is 299 g/mol. The minimum Gasteiger partial charge on any atom is -0.327 e. The molecule has 4 heteroatoms. The van der Waals surface area contributed by atoms with E-state index in [1.54, 1.807) is 12.1 Å². The number of nitrogens with zero attached hydrogens (tertiary/aromatic N) is 1. The Balaban J connectivity index is 0.00000147. The van der Waals surface area contributed by atoms with Crippen LogP contribution in [0.4, 0.5) is 4.39 Å². The van der Waals surface area contributed by atoms with Crippen LogP contribution < -0.4 is 5.73 Å². The first-order chi connectivity index (χ1) is 9.13. The van der Waals surface area contributed by atoms with Crippen LogP contribution in [0.5, 0.6) is 0 Å². The molecule has 1 saturated heterocycles. The Morgan fingerprint density at radius 2 is 2.10 bits per heavy atom. The molecule has 1 aliphatic carbocycles. The van der Waals surface area contributed by atoms with Gasteiger partial charge in [-0.1, -0.05) is 12.5 Å². The summed E-state index contributed by atoms with van der Waals surface area (Å²) < 4.78 is 13.1. The second-order valence-corrected chi connectivity index (χ2v) is 6.28. The molecule has 2 N–H and O–H groups in total. The third kappa shape index (κ3) is 3.16. The lowest BCUT2D eigenvalue weighted by Gasteiger charge is -2.29. The Hall–Kier alpha value is -0.640. The first kappa shape index (κ1) is 15.7. The van der Waals surface area contributed by atoms with Crippen LogP contribution in [0, 0.1) is 24.6 Å². The molecule has 0 aromatic heterocycles. The summed E-state index contributed by atoms with van der Waals surface area (Å²) in [5, 5.41) is 0. The SMILES string of the molecule is Cc1cc(F)ccc1CN1CC2CCCC(N)C2C1.Cl. The zero-order chi connectivity index (χ0) is 13.4. The monoisotopic (exact) mass is 298 g/mol. The molecule has 0 spiro atoms. The van der Waals surface area contributed by atoms with Gasteiger partial charge in [-0.2, -0.15) is 0 Å². The van der Waals surface area contributed by atoms with E-state index in [1.165, 1.54) is 24.8 Å². The lowest BCUT2D eigenvalue weighted by molar-refractivity contribution is 0.259. The minimum atomic E-state index is -0.140. The van der Waals surface area contributed by atoms with Crippen molar-refractivity contribution in [2.75, 3.05) is 13.1 Å². The quantitative estimate of drug-likeness (QED) is 0.909. The molecule has 3 atom stereocenters. The molecule has 0 amide bonds. The fraction of sp³-hybridized carbons (Fsp3) is 0.625. The molecule has 2 aliphatic rings. The molecular formula is C16H24ClFN2. The van der Waals surface area contributed by atoms with Gasteiger partial charge in [0.05, 0.1) is 0 Å². The molecule has 3 rings (SSSR count). The van der Waals surface area contributed by atoms with Gasteiger partial charge in [-0.3, -0.25) is 4.90 Å². The standard InChI is InChI=1S/C16H23FN2.ClH/c1-11-7-14(17)6-5-12(11)8-19-9-13-3-2-4-16(18)15(13)10-19;/h5-7,13,15-16H,2-4,8-10,18H2,1H3;1H. The van der Waals surface area contributed by atoms with Gasteiger partial charge in [-0.05, 0) is 54.9 Å². The number of likely N-dealkylation sites (tertiary alicyclic amines) is 1. The van der Waals surface area contributed by atoms with E-state index >= 15 is 0 Å². The van der Waals surface area contributed by atoms with E-state index in [0.29, 0.717) is 12.0 Å². The van der Waals surface area contributed by atoms with E-state index in [9.17, 15) is 4.39 Å². The first-order valence-corrected chi connectivity index (χ1v) is 7.36. The Morgan fingerprint density at radius 1 is 1.30 bits per heavy atom. The van der Waals surface area contributed by atoms with E-state index < -0.39 is 0 Å². The minimum absolute atomic E-state index is 0. The molecule has 2 nitrogen and oxygen atoms in total. The average Bonchev–Trinajstić information content (AvgIpc) is 2.77. The van der Waals surface area contributed by atoms with Crippen molar-refractivity contribution in [2.24, 2.45) is 17.6 Å². The van der Waals surface area contributed by atoms with Crippen LogP contribution in [0.15, 0.2) is 18.2 Å². The smallest absolute Gasteiger partial charge is 0.123 e. The maximum atomic E-state index is 13.1. The van der Waals surface area contributed by atoms with E-state index in [2.05, 4.69) is 4.90 Å². The highest BCUT2D eigenvalue weighted by molar-refractivity contribution is 5.85. The second kappa shape index (κ2) is 6.42. The van der Waals surface area contributed by atoms with Crippen LogP contribution in [0.3, 0.4) is 0 Å². The van der Waals surface area contributed by atoms with Crippen LogP contribution in [0.25, 0.3) is 0 Å². The van der Waals surface area contributed by atoms with Crippen molar-refractivity contribution >= 4 is 12.4 Å². The molecule has 1 aromatic carbocycles. The summed E-state index contributed by atoms with van der Waals surface area (Å²) in [7, 11) is 0. The van der Waals surface area contributed by atoms with Gasteiger partial charge < -0.3 is 5.73 Å². The Kier molecular flexibility index (Phi) is 5.05. The summed E-state index contributed by atoms with van der Waals surface area (Å²) in [6, 6.07) is 5.51. The zero-order valence-corrected chi connectivity index (χ0v) is 12.8. The summed E-state index contributed by atoms with van der Waals surface area (Å²) >= 11 is 0. The molecule has 3 unspecified atom stereocenters. The third-order valence-electron chi connectivity index (χ3n) is 4.93. The highest BCUT2D eigenvalue weighted by atomic mass is 35.5. The number of rotatable bonds is 2.